The predicted octanol–water partition coefficient (Wildman–Crippen LogP) is 4.15. The SMILES string of the molecule is Fc1ccc(C(=C2CCNCC2)c2ccc(F)cc2)cc1. The van der Waals surface area contributed by atoms with Crippen molar-refractivity contribution in [3.63, 3.8) is 0 Å². The van der Waals surface area contributed by atoms with Crippen LogP contribution in [0.3, 0.4) is 0 Å². The van der Waals surface area contributed by atoms with Crippen molar-refractivity contribution in [2.45, 2.75) is 12.8 Å². The second kappa shape index (κ2) is 6.19. The molecule has 0 saturated carbocycles. The van der Waals surface area contributed by atoms with Gasteiger partial charge in [0.15, 0.2) is 0 Å². The molecule has 1 aliphatic rings. The van der Waals surface area contributed by atoms with Gasteiger partial charge >= 0.3 is 0 Å². The zero-order valence-electron chi connectivity index (χ0n) is 11.7. The van der Waals surface area contributed by atoms with Gasteiger partial charge in [-0.15, -0.1) is 0 Å². The van der Waals surface area contributed by atoms with Crippen LogP contribution < -0.4 is 5.32 Å². The van der Waals surface area contributed by atoms with Crippen LogP contribution in [0.25, 0.3) is 5.57 Å². The Morgan fingerprint density at radius 1 is 0.714 bits per heavy atom. The molecule has 21 heavy (non-hydrogen) atoms. The van der Waals surface area contributed by atoms with Gasteiger partial charge in [0.25, 0.3) is 0 Å². The lowest BCUT2D eigenvalue weighted by molar-refractivity contribution is 0.611. The Labute approximate surface area is 123 Å². The molecule has 1 N–H and O–H groups in total. The molecular formula is C18H17F2N. The average Bonchev–Trinajstić information content (AvgIpc) is 2.52. The molecule has 1 fully saturated rings. The zero-order valence-corrected chi connectivity index (χ0v) is 11.7. The van der Waals surface area contributed by atoms with Crippen LogP contribution in [-0.2, 0) is 0 Å². The Hall–Kier alpha value is -2.00. The molecule has 1 aliphatic heterocycles. The molecule has 108 valence electrons. The lowest BCUT2D eigenvalue weighted by Crippen LogP contribution is -2.23. The van der Waals surface area contributed by atoms with Crippen LogP contribution in [0.5, 0.6) is 0 Å². The van der Waals surface area contributed by atoms with E-state index in [1.807, 2.05) is 0 Å². The minimum absolute atomic E-state index is 0.243. The molecule has 2 aromatic rings. The van der Waals surface area contributed by atoms with Gasteiger partial charge in [-0.25, -0.2) is 8.78 Å². The van der Waals surface area contributed by atoms with Gasteiger partial charge in [-0.2, -0.15) is 0 Å². The third-order valence-electron chi connectivity index (χ3n) is 3.83. The van der Waals surface area contributed by atoms with Crippen LogP contribution in [-0.4, -0.2) is 13.1 Å². The van der Waals surface area contributed by atoms with E-state index in [2.05, 4.69) is 5.32 Å². The summed E-state index contributed by atoms with van der Waals surface area (Å²) in [5.74, 6) is -0.486. The van der Waals surface area contributed by atoms with Crippen molar-refractivity contribution in [1.82, 2.24) is 5.32 Å². The van der Waals surface area contributed by atoms with Gasteiger partial charge in [0.2, 0.25) is 0 Å². The summed E-state index contributed by atoms with van der Waals surface area (Å²) in [7, 11) is 0. The van der Waals surface area contributed by atoms with E-state index in [-0.39, 0.29) is 11.6 Å². The van der Waals surface area contributed by atoms with Gasteiger partial charge in [0.05, 0.1) is 0 Å². The molecule has 0 aromatic heterocycles. The number of hydrogen-bond donors (Lipinski definition) is 1. The van der Waals surface area contributed by atoms with Crippen LogP contribution in [0.4, 0.5) is 8.78 Å². The number of halogens is 2. The number of hydrogen-bond acceptors (Lipinski definition) is 1. The lowest BCUT2D eigenvalue weighted by Gasteiger charge is -2.21. The molecule has 0 bridgehead atoms. The molecule has 1 heterocycles. The Bertz CT molecular complexity index is 586. The highest BCUT2D eigenvalue weighted by Gasteiger charge is 2.14. The van der Waals surface area contributed by atoms with Gasteiger partial charge in [0.1, 0.15) is 11.6 Å². The highest BCUT2D eigenvalue weighted by Crippen LogP contribution is 2.31. The van der Waals surface area contributed by atoms with Gasteiger partial charge in [-0.1, -0.05) is 29.8 Å². The standard InChI is InChI=1S/C18H17F2N/c19-16-5-1-13(2-6-16)18(15-9-11-21-12-10-15)14-3-7-17(20)8-4-14/h1-8,21H,9-12H2. The molecule has 1 nitrogen and oxygen atoms in total. The molecule has 3 heteroatoms. The molecule has 2 aromatic carbocycles. The monoisotopic (exact) mass is 285 g/mol. The summed E-state index contributed by atoms with van der Waals surface area (Å²) in [6.45, 7) is 1.89. The van der Waals surface area contributed by atoms with E-state index < -0.39 is 0 Å². The van der Waals surface area contributed by atoms with E-state index in [9.17, 15) is 8.78 Å². The first-order valence-corrected chi connectivity index (χ1v) is 7.18. The second-order valence-corrected chi connectivity index (χ2v) is 5.24. The first-order chi connectivity index (χ1) is 10.2. The van der Waals surface area contributed by atoms with Crippen LogP contribution in [0, 0.1) is 11.6 Å². The van der Waals surface area contributed by atoms with Crippen molar-refractivity contribution in [3.05, 3.63) is 76.9 Å². The summed E-state index contributed by atoms with van der Waals surface area (Å²) >= 11 is 0. The molecule has 0 aliphatic carbocycles. The molecular weight excluding hydrogens is 268 g/mol. The van der Waals surface area contributed by atoms with Crippen molar-refractivity contribution in [1.29, 1.82) is 0 Å². The zero-order chi connectivity index (χ0) is 14.7. The average molecular weight is 285 g/mol. The first-order valence-electron chi connectivity index (χ1n) is 7.18. The van der Waals surface area contributed by atoms with Crippen molar-refractivity contribution in [2.75, 3.05) is 13.1 Å². The smallest absolute Gasteiger partial charge is 0.123 e. The molecule has 0 radical (unpaired) electrons. The maximum absolute atomic E-state index is 13.2. The maximum Gasteiger partial charge on any atom is 0.123 e. The van der Waals surface area contributed by atoms with E-state index in [0.717, 1.165) is 42.6 Å². The normalized spacial score (nSPS) is 15.0. The van der Waals surface area contributed by atoms with Gasteiger partial charge in [-0.05, 0) is 66.9 Å². The third kappa shape index (κ3) is 3.19. The lowest BCUT2D eigenvalue weighted by atomic mass is 9.89. The molecule has 3 rings (SSSR count). The minimum atomic E-state index is -0.243. The highest BCUT2D eigenvalue weighted by atomic mass is 19.1. The number of nitrogens with one attached hydrogen (secondary N) is 1. The third-order valence-corrected chi connectivity index (χ3v) is 3.83. The molecule has 0 spiro atoms. The summed E-state index contributed by atoms with van der Waals surface area (Å²) in [4.78, 5) is 0. The summed E-state index contributed by atoms with van der Waals surface area (Å²) < 4.78 is 26.3. The fourth-order valence-corrected chi connectivity index (χ4v) is 2.79. The molecule has 0 amide bonds. The van der Waals surface area contributed by atoms with Crippen LogP contribution >= 0.6 is 0 Å². The van der Waals surface area contributed by atoms with E-state index in [1.165, 1.54) is 29.8 Å². The Kier molecular flexibility index (Phi) is 4.11. The summed E-state index contributed by atoms with van der Waals surface area (Å²) in [6.07, 6.45) is 1.92. The van der Waals surface area contributed by atoms with Crippen LogP contribution in [0.15, 0.2) is 54.1 Å². The van der Waals surface area contributed by atoms with Crippen molar-refractivity contribution in [2.24, 2.45) is 0 Å². The minimum Gasteiger partial charge on any atom is -0.316 e. The first kappa shape index (κ1) is 14.0. The fraction of sp³-hybridized carbons (Fsp3) is 0.222. The number of rotatable bonds is 2. The molecule has 0 unspecified atom stereocenters. The largest absolute Gasteiger partial charge is 0.316 e. The van der Waals surface area contributed by atoms with Crippen LogP contribution in [0.2, 0.25) is 0 Å². The van der Waals surface area contributed by atoms with Crippen molar-refractivity contribution >= 4 is 5.57 Å². The Morgan fingerprint density at radius 3 is 1.57 bits per heavy atom. The van der Waals surface area contributed by atoms with E-state index in [0.29, 0.717) is 0 Å². The maximum atomic E-state index is 13.2. The highest BCUT2D eigenvalue weighted by molar-refractivity contribution is 5.82. The Morgan fingerprint density at radius 2 is 1.14 bits per heavy atom. The van der Waals surface area contributed by atoms with Gasteiger partial charge in [-0.3, -0.25) is 0 Å². The van der Waals surface area contributed by atoms with Crippen molar-refractivity contribution in [3.8, 4) is 0 Å². The van der Waals surface area contributed by atoms with E-state index in [4.69, 9.17) is 0 Å². The number of piperidine rings is 1. The summed E-state index contributed by atoms with van der Waals surface area (Å²) in [6, 6.07) is 13.1. The fourth-order valence-electron chi connectivity index (χ4n) is 2.79. The summed E-state index contributed by atoms with van der Waals surface area (Å²) in [5.41, 5.74) is 4.42. The molecule has 1 saturated heterocycles. The van der Waals surface area contributed by atoms with Gasteiger partial charge < -0.3 is 5.32 Å². The quantitative estimate of drug-likeness (QED) is 0.874. The molecule has 0 atom stereocenters. The van der Waals surface area contributed by atoms with Gasteiger partial charge in [0, 0.05) is 0 Å². The predicted molar refractivity (Wildman–Crippen MR) is 80.9 cm³/mol. The van der Waals surface area contributed by atoms with Crippen LogP contribution in [0.1, 0.15) is 24.0 Å². The number of benzene rings is 2. The second-order valence-electron chi connectivity index (χ2n) is 5.24. The Balaban J connectivity index is 2.10. The van der Waals surface area contributed by atoms with E-state index in [1.54, 1.807) is 24.3 Å². The van der Waals surface area contributed by atoms with E-state index >= 15 is 0 Å². The topological polar surface area (TPSA) is 12.0 Å². The summed E-state index contributed by atoms with van der Waals surface area (Å²) in [5, 5.41) is 3.34. The van der Waals surface area contributed by atoms with Crippen molar-refractivity contribution < 1.29 is 8.78 Å².